The molecule has 0 unspecified atom stereocenters. The van der Waals surface area contributed by atoms with Crippen LogP contribution in [0, 0.1) is 12.3 Å². The Kier molecular flexibility index (Phi) is 7.03. The number of rotatable bonds is 6. The first-order chi connectivity index (χ1) is 16.8. The maximum Gasteiger partial charge on any atom is 0.295 e. The van der Waals surface area contributed by atoms with Crippen molar-refractivity contribution in [3.8, 4) is 35.0 Å². The van der Waals surface area contributed by atoms with Crippen molar-refractivity contribution in [3.63, 3.8) is 0 Å². The highest BCUT2D eigenvalue weighted by Gasteiger charge is 2.30. The molecule has 1 saturated heterocycles. The maximum atomic E-state index is 13.3. The fourth-order valence-corrected chi connectivity index (χ4v) is 4.54. The minimum atomic E-state index is -0.534. The average Bonchev–Trinajstić information content (AvgIpc) is 3.28. The lowest BCUT2D eigenvalue weighted by atomic mass is 10.0. The molecule has 2 atom stereocenters. The number of nitrogens with zero attached hydrogens (tertiary/aromatic N) is 3. The van der Waals surface area contributed by atoms with Gasteiger partial charge in [0.2, 0.25) is 5.95 Å². The molecule has 1 aromatic carbocycles. The minimum absolute atomic E-state index is 0.176. The van der Waals surface area contributed by atoms with Crippen LogP contribution < -0.4 is 25.7 Å². The topological polar surface area (TPSA) is 117 Å². The highest BCUT2D eigenvalue weighted by Crippen LogP contribution is 2.45. The van der Waals surface area contributed by atoms with Gasteiger partial charge < -0.3 is 24.8 Å². The van der Waals surface area contributed by atoms with Crippen molar-refractivity contribution in [1.29, 1.82) is 0 Å². The molecule has 2 N–H and O–H groups in total. The van der Waals surface area contributed by atoms with E-state index in [1.807, 2.05) is 5.92 Å². The van der Waals surface area contributed by atoms with Gasteiger partial charge in [0.15, 0.2) is 0 Å². The van der Waals surface area contributed by atoms with Gasteiger partial charge >= 0.3 is 0 Å². The number of halogens is 2. The summed E-state index contributed by atoms with van der Waals surface area (Å²) < 4.78 is 17.5. The van der Waals surface area contributed by atoms with Crippen LogP contribution in [-0.2, 0) is 16.6 Å². The van der Waals surface area contributed by atoms with Crippen molar-refractivity contribution < 1.29 is 19.0 Å². The van der Waals surface area contributed by atoms with Crippen LogP contribution in [0.5, 0.6) is 11.5 Å². The van der Waals surface area contributed by atoms with Crippen LogP contribution in [0.3, 0.4) is 0 Å². The summed E-state index contributed by atoms with van der Waals surface area (Å²) in [5, 5.41) is 6.75. The van der Waals surface area contributed by atoms with Gasteiger partial charge in [0, 0.05) is 30.3 Å². The van der Waals surface area contributed by atoms with Crippen LogP contribution in [-0.4, -0.2) is 60.0 Å². The van der Waals surface area contributed by atoms with Crippen molar-refractivity contribution in [2.24, 2.45) is 7.05 Å². The fraction of sp³-hybridized carbons (Fsp3) is 0.304. The molecule has 3 aromatic rings. The van der Waals surface area contributed by atoms with Gasteiger partial charge in [-0.25, -0.2) is 4.98 Å². The third-order valence-corrected chi connectivity index (χ3v) is 6.38. The molecule has 0 aliphatic carbocycles. The van der Waals surface area contributed by atoms with Crippen molar-refractivity contribution in [2.45, 2.75) is 12.1 Å². The average molecular weight is 518 g/mol. The molecule has 1 aliphatic heterocycles. The van der Waals surface area contributed by atoms with Crippen LogP contribution >= 0.6 is 23.2 Å². The number of carbonyl (C=O) groups is 1. The van der Waals surface area contributed by atoms with E-state index in [0.717, 1.165) is 0 Å². The highest BCUT2D eigenvalue weighted by atomic mass is 35.5. The lowest BCUT2D eigenvalue weighted by molar-refractivity contribution is -0.116. The van der Waals surface area contributed by atoms with E-state index < -0.39 is 5.91 Å². The van der Waals surface area contributed by atoms with Crippen LogP contribution in [0.15, 0.2) is 23.1 Å². The number of aryl methyl sites for hydroxylation is 1. The molecule has 0 radical (unpaired) electrons. The number of benzene rings is 1. The molecule has 35 heavy (non-hydrogen) atoms. The van der Waals surface area contributed by atoms with E-state index in [1.54, 1.807) is 25.4 Å². The van der Waals surface area contributed by atoms with E-state index in [4.69, 9.17) is 43.8 Å². The van der Waals surface area contributed by atoms with Crippen molar-refractivity contribution in [1.82, 2.24) is 19.9 Å². The number of aromatic nitrogens is 3. The van der Waals surface area contributed by atoms with Crippen LogP contribution in [0.2, 0.25) is 10.0 Å². The zero-order valence-corrected chi connectivity index (χ0v) is 20.5. The summed E-state index contributed by atoms with van der Waals surface area (Å²) in [7, 11) is 4.49. The second kappa shape index (κ2) is 10.00. The Balaban J connectivity index is 1.75. The Hall–Kier alpha value is -3.52. The molecule has 0 spiro atoms. The van der Waals surface area contributed by atoms with Crippen molar-refractivity contribution in [3.05, 3.63) is 38.7 Å². The second-order valence-electron chi connectivity index (χ2n) is 7.69. The molecule has 182 valence electrons. The Labute approximate surface area is 210 Å². The number of nitrogens with one attached hydrogen (secondary N) is 2. The molecule has 0 bridgehead atoms. The van der Waals surface area contributed by atoms with Crippen molar-refractivity contribution in [2.75, 3.05) is 32.8 Å². The van der Waals surface area contributed by atoms with Crippen molar-refractivity contribution >= 4 is 46.1 Å². The van der Waals surface area contributed by atoms with E-state index in [1.165, 1.54) is 18.8 Å². The number of hydrogen-bond acceptors (Lipinski definition) is 8. The van der Waals surface area contributed by atoms with E-state index in [-0.39, 0.29) is 44.8 Å². The quantitative estimate of drug-likeness (QED) is 0.478. The maximum absolute atomic E-state index is 13.3. The monoisotopic (exact) mass is 517 g/mol. The molecule has 3 heterocycles. The Bertz CT molecular complexity index is 1390. The summed E-state index contributed by atoms with van der Waals surface area (Å²) in [6.07, 6.45) is 6.70. The summed E-state index contributed by atoms with van der Waals surface area (Å²) in [6.45, 7) is 0.621. The number of ether oxygens (including phenoxy) is 3. The lowest BCUT2D eigenvalue weighted by Gasteiger charge is -2.19. The third-order valence-electron chi connectivity index (χ3n) is 5.63. The third kappa shape index (κ3) is 4.58. The molecule has 10 nitrogen and oxygen atoms in total. The van der Waals surface area contributed by atoms with Gasteiger partial charge in [0.1, 0.15) is 17.1 Å². The van der Waals surface area contributed by atoms with Gasteiger partial charge in [-0.15, -0.1) is 6.42 Å². The van der Waals surface area contributed by atoms with E-state index >= 15 is 0 Å². The molecular formula is C23H21Cl2N5O5. The summed E-state index contributed by atoms with van der Waals surface area (Å²) in [4.78, 5) is 33.8. The van der Waals surface area contributed by atoms with Gasteiger partial charge in [-0.1, -0.05) is 23.2 Å². The standard InChI is InChI=1S/C23H21Cl2N5O5/c1-5-17(31)27-13-9-35-10-14(13)28-23-26-8-11-6-12(22(32)30(2)21(11)29-23)18-19(24)15(33-3)7-16(34-4)20(18)25/h1,6-8,13-14H,9-10H2,2-4H3,(H,27,31)(H,26,28,29)/t13-,14+/m0/s1. The smallest absolute Gasteiger partial charge is 0.295 e. The zero-order chi connectivity index (χ0) is 25.3. The zero-order valence-electron chi connectivity index (χ0n) is 19.0. The first-order valence-corrected chi connectivity index (χ1v) is 11.1. The molecule has 1 aliphatic rings. The normalized spacial score (nSPS) is 17.1. The predicted molar refractivity (Wildman–Crippen MR) is 132 cm³/mol. The molecule has 1 amide bonds. The van der Waals surface area contributed by atoms with Crippen LogP contribution in [0.4, 0.5) is 5.95 Å². The number of terminal acetylenes is 1. The van der Waals surface area contributed by atoms with E-state index in [2.05, 4.69) is 20.6 Å². The fourth-order valence-electron chi connectivity index (χ4n) is 3.83. The number of hydrogen-bond donors (Lipinski definition) is 2. The molecule has 4 rings (SSSR count). The second-order valence-corrected chi connectivity index (χ2v) is 8.45. The number of carbonyl (C=O) groups excluding carboxylic acids is 1. The minimum Gasteiger partial charge on any atom is -0.495 e. The number of pyridine rings is 1. The Morgan fingerprint density at radius 3 is 2.49 bits per heavy atom. The summed E-state index contributed by atoms with van der Waals surface area (Å²) >= 11 is 13.1. The SMILES string of the molecule is C#CC(=O)N[C@H]1COC[C@H]1Nc1ncc2cc(-c3c(Cl)c(OC)cc(OC)c3Cl)c(=O)n(C)c2n1. The summed E-state index contributed by atoms with van der Waals surface area (Å²) in [5.74, 6) is 2.37. The number of fused-ring (bicyclic) bond motifs is 1. The van der Waals surface area contributed by atoms with Crippen LogP contribution in [0.1, 0.15) is 0 Å². The molecule has 0 saturated carbocycles. The van der Waals surface area contributed by atoms with Gasteiger partial charge in [-0.2, -0.15) is 4.98 Å². The first-order valence-electron chi connectivity index (χ1n) is 10.4. The largest absolute Gasteiger partial charge is 0.495 e. The Morgan fingerprint density at radius 2 is 1.86 bits per heavy atom. The first kappa shape index (κ1) is 24.6. The van der Waals surface area contributed by atoms with Gasteiger partial charge in [-0.3, -0.25) is 14.2 Å². The Morgan fingerprint density at radius 1 is 1.20 bits per heavy atom. The molecular weight excluding hydrogens is 497 g/mol. The summed E-state index contributed by atoms with van der Waals surface area (Å²) in [5.41, 5.74) is 0.508. The molecule has 2 aromatic heterocycles. The van der Waals surface area contributed by atoms with E-state index in [9.17, 15) is 9.59 Å². The predicted octanol–water partition coefficient (Wildman–Crippen LogP) is 2.25. The number of methoxy groups -OCH3 is 2. The molecule has 12 heteroatoms. The van der Waals surface area contributed by atoms with E-state index in [0.29, 0.717) is 35.7 Å². The lowest BCUT2D eigenvalue weighted by Crippen LogP contribution is -2.45. The van der Waals surface area contributed by atoms with Gasteiger partial charge in [0.25, 0.3) is 11.5 Å². The van der Waals surface area contributed by atoms with Gasteiger partial charge in [-0.05, 0) is 12.0 Å². The molecule has 1 fully saturated rings. The number of amides is 1. The van der Waals surface area contributed by atoms with Crippen LogP contribution in [0.25, 0.3) is 22.2 Å². The van der Waals surface area contributed by atoms with Gasteiger partial charge in [0.05, 0.1) is 55.1 Å². The number of anilines is 1. The highest BCUT2D eigenvalue weighted by molar-refractivity contribution is 6.41. The summed E-state index contributed by atoms with van der Waals surface area (Å²) in [6, 6.07) is 2.51.